The lowest BCUT2D eigenvalue weighted by Crippen LogP contribution is -2.37. The second-order valence-corrected chi connectivity index (χ2v) is 6.71. The highest BCUT2D eigenvalue weighted by Crippen LogP contribution is 2.39. The molecule has 1 saturated heterocycles. The van der Waals surface area contributed by atoms with Crippen LogP contribution >= 0.6 is 0 Å². The van der Waals surface area contributed by atoms with Crippen LogP contribution < -0.4 is 4.90 Å². The third-order valence-corrected chi connectivity index (χ3v) is 4.60. The van der Waals surface area contributed by atoms with Gasteiger partial charge < -0.3 is 14.1 Å². The molecule has 0 bridgehead atoms. The van der Waals surface area contributed by atoms with Gasteiger partial charge in [-0.15, -0.1) is 10.2 Å². The molecule has 4 rings (SSSR count). The first kappa shape index (κ1) is 15.6. The Morgan fingerprint density at radius 3 is 2.71 bits per heavy atom. The van der Waals surface area contributed by atoms with Crippen molar-refractivity contribution in [3.63, 3.8) is 0 Å². The lowest BCUT2D eigenvalue weighted by molar-refractivity contribution is 0.122. The Labute approximate surface area is 142 Å². The summed E-state index contributed by atoms with van der Waals surface area (Å²) >= 11 is 0. The van der Waals surface area contributed by atoms with Gasteiger partial charge in [0.2, 0.25) is 11.8 Å². The van der Waals surface area contributed by atoms with Crippen molar-refractivity contribution in [3.05, 3.63) is 41.6 Å². The van der Waals surface area contributed by atoms with Gasteiger partial charge in [0.1, 0.15) is 0 Å². The van der Waals surface area contributed by atoms with Crippen LogP contribution in [0.25, 0.3) is 0 Å². The van der Waals surface area contributed by atoms with Crippen molar-refractivity contribution in [3.8, 4) is 0 Å². The fourth-order valence-electron chi connectivity index (χ4n) is 3.16. The average molecular weight is 328 g/mol. The van der Waals surface area contributed by atoms with Crippen LogP contribution in [0.1, 0.15) is 36.1 Å². The topological polar surface area (TPSA) is 54.6 Å². The molecule has 128 valence electrons. The lowest BCUT2D eigenvalue weighted by atomic mass is 10.1. The first-order valence-corrected chi connectivity index (χ1v) is 8.71. The minimum absolute atomic E-state index is 0.513. The van der Waals surface area contributed by atoms with E-state index in [1.54, 1.807) is 0 Å². The quantitative estimate of drug-likeness (QED) is 0.812. The van der Waals surface area contributed by atoms with Crippen LogP contribution in [0.2, 0.25) is 0 Å². The van der Waals surface area contributed by atoms with Crippen molar-refractivity contribution in [1.29, 1.82) is 0 Å². The predicted octanol–water partition coefficient (Wildman–Crippen LogP) is 2.42. The molecule has 1 aliphatic carbocycles. The molecule has 6 nitrogen and oxygen atoms in total. The number of hydrogen-bond donors (Lipinski definition) is 0. The van der Waals surface area contributed by atoms with Crippen molar-refractivity contribution in [2.75, 3.05) is 38.3 Å². The highest BCUT2D eigenvalue weighted by molar-refractivity contribution is 5.53. The average Bonchev–Trinajstić information content (AvgIpc) is 3.36. The molecule has 2 aromatic rings. The molecule has 1 aromatic carbocycles. The fraction of sp³-hybridized carbons (Fsp3) is 0.556. The molecule has 24 heavy (non-hydrogen) atoms. The summed E-state index contributed by atoms with van der Waals surface area (Å²) in [4.78, 5) is 4.63. The van der Waals surface area contributed by atoms with Gasteiger partial charge in [0.05, 0.1) is 19.8 Å². The molecule has 6 heteroatoms. The van der Waals surface area contributed by atoms with Crippen molar-refractivity contribution >= 4 is 5.69 Å². The summed E-state index contributed by atoms with van der Waals surface area (Å²) in [5.41, 5.74) is 2.63. The van der Waals surface area contributed by atoms with Gasteiger partial charge in [-0.05, 0) is 31.5 Å². The predicted molar refractivity (Wildman–Crippen MR) is 90.9 cm³/mol. The molecule has 2 heterocycles. The molecule has 2 aliphatic rings. The van der Waals surface area contributed by atoms with Crippen molar-refractivity contribution in [2.45, 2.75) is 31.8 Å². The summed E-state index contributed by atoms with van der Waals surface area (Å²) in [5, 5.41) is 8.35. The number of anilines is 1. The zero-order valence-corrected chi connectivity index (χ0v) is 14.1. The first-order valence-electron chi connectivity index (χ1n) is 8.71. The summed E-state index contributed by atoms with van der Waals surface area (Å²) in [5.74, 6) is 2.04. The van der Waals surface area contributed by atoms with E-state index in [0.29, 0.717) is 18.4 Å². The summed E-state index contributed by atoms with van der Waals surface area (Å²) in [6.07, 6.45) is 2.37. The fourth-order valence-corrected chi connectivity index (χ4v) is 3.16. The molecule has 0 atom stereocenters. The molecule has 0 spiro atoms. The standard InChI is InChI=1S/C18H24N4O2/c1-21(13-17-19-20-18(24-17)14-6-7-14)12-15-4-2-3-5-16(15)22-8-10-23-11-9-22/h2-5,14H,6-13H2,1H3. The number of aromatic nitrogens is 2. The summed E-state index contributed by atoms with van der Waals surface area (Å²) in [7, 11) is 2.09. The van der Waals surface area contributed by atoms with Gasteiger partial charge in [-0.25, -0.2) is 0 Å². The van der Waals surface area contributed by atoms with E-state index in [1.165, 1.54) is 24.1 Å². The van der Waals surface area contributed by atoms with E-state index in [2.05, 4.69) is 51.3 Å². The Morgan fingerprint density at radius 2 is 1.92 bits per heavy atom. The molecule has 2 fully saturated rings. The molecule has 1 aromatic heterocycles. The number of nitrogens with zero attached hydrogens (tertiary/aromatic N) is 4. The second kappa shape index (κ2) is 6.91. The van der Waals surface area contributed by atoms with Crippen LogP contribution in [0.15, 0.2) is 28.7 Å². The maximum absolute atomic E-state index is 5.77. The number of hydrogen-bond acceptors (Lipinski definition) is 6. The molecular formula is C18H24N4O2. The number of morpholine rings is 1. The van der Waals surface area contributed by atoms with Crippen molar-refractivity contribution < 1.29 is 9.15 Å². The van der Waals surface area contributed by atoms with E-state index in [9.17, 15) is 0 Å². The number of rotatable bonds is 6. The Balaban J connectivity index is 1.41. The molecule has 0 amide bonds. The SMILES string of the molecule is CN(Cc1nnc(C2CC2)o1)Cc1ccccc1N1CCOCC1. The third kappa shape index (κ3) is 3.60. The van der Waals surface area contributed by atoms with E-state index in [1.807, 2.05) is 0 Å². The number of ether oxygens (including phenoxy) is 1. The van der Waals surface area contributed by atoms with Crippen LogP contribution in [0.3, 0.4) is 0 Å². The minimum Gasteiger partial charge on any atom is -0.424 e. The van der Waals surface area contributed by atoms with Crippen molar-refractivity contribution in [2.24, 2.45) is 0 Å². The van der Waals surface area contributed by atoms with Crippen molar-refractivity contribution in [1.82, 2.24) is 15.1 Å². The van der Waals surface area contributed by atoms with Gasteiger partial charge in [-0.2, -0.15) is 0 Å². The van der Waals surface area contributed by atoms with Gasteiger partial charge in [0, 0.05) is 31.2 Å². The Hall–Kier alpha value is -1.92. The lowest BCUT2D eigenvalue weighted by Gasteiger charge is -2.31. The van der Waals surface area contributed by atoms with Crippen LogP contribution in [0, 0.1) is 0 Å². The largest absolute Gasteiger partial charge is 0.424 e. The van der Waals surface area contributed by atoms with Gasteiger partial charge in [0.25, 0.3) is 0 Å². The van der Waals surface area contributed by atoms with Crippen LogP contribution in [-0.2, 0) is 17.8 Å². The van der Waals surface area contributed by atoms with E-state index in [4.69, 9.17) is 9.15 Å². The van der Waals surface area contributed by atoms with Gasteiger partial charge in [-0.3, -0.25) is 4.90 Å². The molecule has 1 saturated carbocycles. The maximum Gasteiger partial charge on any atom is 0.230 e. The third-order valence-electron chi connectivity index (χ3n) is 4.60. The maximum atomic E-state index is 5.77. The molecule has 0 radical (unpaired) electrons. The van der Waals surface area contributed by atoms with Gasteiger partial charge >= 0.3 is 0 Å². The van der Waals surface area contributed by atoms with Crippen LogP contribution in [0.4, 0.5) is 5.69 Å². The highest BCUT2D eigenvalue weighted by Gasteiger charge is 2.29. The van der Waals surface area contributed by atoms with Gasteiger partial charge in [0.15, 0.2) is 0 Å². The zero-order valence-electron chi connectivity index (χ0n) is 14.1. The molecule has 0 unspecified atom stereocenters. The Morgan fingerprint density at radius 1 is 1.12 bits per heavy atom. The number of benzene rings is 1. The number of para-hydroxylation sites is 1. The normalized spacial score (nSPS) is 18.3. The van der Waals surface area contributed by atoms with Crippen LogP contribution in [0.5, 0.6) is 0 Å². The first-order chi connectivity index (χ1) is 11.8. The highest BCUT2D eigenvalue weighted by atomic mass is 16.5. The molecule has 0 N–H and O–H groups in total. The Kier molecular flexibility index (Phi) is 4.49. The summed E-state index contributed by atoms with van der Waals surface area (Å²) in [6, 6.07) is 8.61. The molecular weight excluding hydrogens is 304 g/mol. The summed E-state index contributed by atoms with van der Waals surface area (Å²) in [6.45, 7) is 5.04. The minimum atomic E-state index is 0.513. The zero-order chi connectivity index (χ0) is 16.4. The van der Waals surface area contributed by atoms with E-state index >= 15 is 0 Å². The monoisotopic (exact) mass is 328 g/mol. The van der Waals surface area contributed by atoms with Gasteiger partial charge in [-0.1, -0.05) is 18.2 Å². The smallest absolute Gasteiger partial charge is 0.230 e. The van der Waals surface area contributed by atoms with E-state index in [0.717, 1.165) is 38.7 Å². The van der Waals surface area contributed by atoms with E-state index in [-0.39, 0.29) is 0 Å². The summed E-state index contributed by atoms with van der Waals surface area (Å²) < 4.78 is 11.2. The molecule has 1 aliphatic heterocycles. The van der Waals surface area contributed by atoms with E-state index < -0.39 is 0 Å². The Bertz CT molecular complexity index is 677. The second-order valence-electron chi connectivity index (χ2n) is 6.71. The van der Waals surface area contributed by atoms with Crippen LogP contribution in [-0.4, -0.2) is 48.4 Å².